The number of piperidine rings is 1. The Hall–Kier alpha value is -2.35. The van der Waals surface area contributed by atoms with E-state index in [1.807, 2.05) is 13.8 Å². The molecule has 2 fully saturated rings. The summed E-state index contributed by atoms with van der Waals surface area (Å²) in [6.45, 7) is 13.6. The van der Waals surface area contributed by atoms with Gasteiger partial charge in [-0.2, -0.15) is 13.2 Å². The number of likely N-dealkylation sites (tertiary alicyclic amines) is 1. The fourth-order valence-electron chi connectivity index (χ4n) is 5.41. The van der Waals surface area contributed by atoms with E-state index in [-0.39, 0.29) is 28.8 Å². The molecule has 186 valence electrons. The molecule has 8 heteroatoms. The molecule has 0 bridgehead atoms. The van der Waals surface area contributed by atoms with Gasteiger partial charge in [-0.15, -0.1) is 0 Å². The maximum Gasteiger partial charge on any atom is 0.418 e. The van der Waals surface area contributed by atoms with Gasteiger partial charge in [0.05, 0.1) is 16.6 Å². The number of fused-ring (bicyclic) bond motifs is 1. The van der Waals surface area contributed by atoms with E-state index in [1.165, 1.54) is 6.20 Å². The van der Waals surface area contributed by atoms with Gasteiger partial charge in [-0.3, -0.25) is 14.7 Å². The first kappa shape index (κ1) is 24.8. The van der Waals surface area contributed by atoms with Gasteiger partial charge in [-0.1, -0.05) is 20.8 Å². The first-order valence-corrected chi connectivity index (χ1v) is 12.0. The molecular formula is C26H35F3N4O. The first-order valence-electron chi connectivity index (χ1n) is 12.0. The third-order valence-electron chi connectivity index (χ3n) is 7.41. The van der Waals surface area contributed by atoms with Crippen molar-refractivity contribution in [1.29, 1.82) is 0 Å². The number of halogens is 3. The predicted octanol–water partition coefficient (Wildman–Crippen LogP) is 5.10. The zero-order valence-electron chi connectivity index (χ0n) is 20.7. The third kappa shape index (κ3) is 4.88. The molecule has 0 radical (unpaired) electrons. The minimum atomic E-state index is -4.47. The van der Waals surface area contributed by atoms with Crippen LogP contribution in [0.2, 0.25) is 0 Å². The lowest BCUT2D eigenvalue weighted by Crippen LogP contribution is -2.59. The summed E-state index contributed by atoms with van der Waals surface area (Å²) in [7, 11) is 0. The highest BCUT2D eigenvalue weighted by molar-refractivity contribution is 5.94. The number of pyridine rings is 1. The van der Waals surface area contributed by atoms with E-state index in [0.29, 0.717) is 18.5 Å². The second kappa shape index (κ2) is 8.70. The number of carbonyl (C=O) groups excluding carboxylic acids is 1. The number of aromatic nitrogens is 1. The van der Waals surface area contributed by atoms with Gasteiger partial charge in [0.1, 0.15) is 0 Å². The van der Waals surface area contributed by atoms with Crippen LogP contribution in [0.15, 0.2) is 30.5 Å². The van der Waals surface area contributed by atoms with E-state index in [4.69, 9.17) is 0 Å². The maximum atomic E-state index is 13.5. The summed E-state index contributed by atoms with van der Waals surface area (Å²) in [6.07, 6.45) is -1.18. The number of carbonyl (C=O) groups is 1. The molecule has 1 N–H and O–H groups in total. The number of rotatable bonds is 4. The topological polar surface area (TPSA) is 48.5 Å². The Morgan fingerprint density at radius 1 is 1.18 bits per heavy atom. The van der Waals surface area contributed by atoms with Gasteiger partial charge in [0.15, 0.2) is 0 Å². The van der Waals surface area contributed by atoms with Crippen LogP contribution >= 0.6 is 0 Å². The van der Waals surface area contributed by atoms with Crippen molar-refractivity contribution in [3.05, 3.63) is 36.0 Å². The molecule has 5 nitrogen and oxygen atoms in total. The number of benzene rings is 1. The van der Waals surface area contributed by atoms with E-state index in [9.17, 15) is 18.0 Å². The Balaban J connectivity index is 1.55. The van der Waals surface area contributed by atoms with Crippen LogP contribution in [-0.2, 0) is 11.0 Å². The fourth-order valence-corrected chi connectivity index (χ4v) is 5.41. The van der Waals surface area contributed by atoms with Gasteiger partial charge in [-0.25, -0.2) is 0 Å². The minimum Gasteiger partial charge on any atom is -0.369 e. The van der Waals surface area contributed by atoms with E-state index in [2.05, 4.69) is 40.9 Å². The van der Waals surface area contributed by atoms with Gasteiger partial charge < -0.3 is 10.2 Å². The number of amides is 1. The molecule has 2 aliphatic rings. The summed E-state index contributed by atoms with van der Waals surface area (Å²) in [4.78, 5) is 21.7. The Morgan fingerprint density at radius 3 is 2.56 bits per heavy atom. The SMILES string of the molecule is C[C@H]1C[C@@H](NC(=O)C(C)(C)N2CCC(C)(C)C2)CN(c2ccc(C(F)(F)F)c3ncccc23)C1. The number of hydrogen-bond donors (Lipinski definition) is 1. The van der Waals surface area contributed by atoms with Crippen molar-refractivity contribution >= 4 is 22.5 Å². The molecule has 34 heavy (non-hydrogen) atoms. The number of nitrogens with one attached hydrogen (secondary N) is 1. The summed E-state index contributed by atoms with van der Waals surface area (Å²) in [5.41, 5.74) is -0.459. The van der Waals surface area contributed by atoms with E-state index < -0.39 is 17.3 Å². The van der Waals surface area contributed by atoms with Crippen LogP contribution in [0.5, 0.6) is 0 Å². The zero-order chi connectivity index (χ0) is 24.9. The summed E-state index contributed by atoms with van der Waals surface area (Å²) in [5.74, 6) is 0.282. The molecule has 2 atom stereocenters. The predicted molar refractivity (Wildman–Crippen MR) is 129 cm³/mol. The second-order valence-corrected chi connectivity index (χ2v) is 11.3. The standard InChI is InChI=1S/C26H35F3N4O/c1-17-13-18(31-23(34)25(4,5)33-12-10-24(2,3)16-33)15-32(14-17)21-9-8-20(26(27,28)29)22-19(21)7-6-11-30-22/h6-9,11,17-18H,10,12-16H2,1-5H3,(H,31,34)/t17-,18+/m0/s1. The van der Waals surface area contributed by atoms with Crippen molar-refractivity contribution in [1.82, 2.24) is 15.2 Å². The Labute approximate surface area is 199 Å². The lowest BCUT2D eigenvalue weighted by molar-refractivity contribution is -0.136. The fraction of sp³-hybridized carbons (Fsp3) is 0.615. The molecule has 2 aromatic rings. The molecule has 0 unspecified atom stereocenters. The molecule has 1 aromatic carbocycles. The molecule has 2 saturated heterocycles. The van der Waals surface area contributed by atoms with Crippen molar-refractivity contribution in [2.75, 3.05) is 31.1 Å². The number of alkyl halides is 3. The first-order chi connectivity index (χ1) is 15.8. The Kier molecular flexibility index (Phi) is 6.34. The maximum absolute atomic E-state index is 13.5. The van der Waals surface area contributed by atoms with Gasteiger partial charge in [0, 0.05) is 42.9 Å². The normalized spacial score (nSPS) is 23.9. The highest BCUT2D eigenvalue weighted by atomic mass is 19.4. The number of nitrogens with zero attached hydrogens (tertiary/aromatic N) is 3. The molecule has 1 aromatic heterocycles. The molecule has 3 heterocycles. The van der Waals surface area contributed by atoms with Crippen molar-refractivity contribution < 1.29 is 18.0 Å². The average Bonchev–Trinajstić information content (AvgIpc) is 3.12. The van der Waals surface area contributed by atoms with Gasteiger partial charge >= 0.3 is 6.18 Å². The van der Waals surface area contributed by atoms with Crippen LogP contribution in [0.3, 0.4) is 0 Å². The van der Waals surface area contributed by atoms with Crippen LogP contribution in [0.25, 0.3) is 10.9 Å². The van der Waals surface area contributed by atoms with E-state index in [0.717, 1.165) is 37.7 Å². The lowest BCUT2D eigenvalue weighted by atomic mass is 9.92. The van der Waals surface area contributed by atoms with E-state index in [1.54, 1.807) is 18.2 Å². The molecule has 0 spiro atoms. The molecule has 0 aliphatic carbocycles. The van der Waals surface area contributed by atoms with Crippen molar-refractivity contribution in [2.45, 2.75) is 65.2 Å². The monoisotopic (exact) mass is 476 g/mol. The summed E-state index contributed by atoms with van der Waals surface area (Å²) in [6, 6.07) is 5.94. The summed E-state index contributed by atoms with van der Waals surface area (Å²) < 4.78 is 40.6. The highest BCUT2D eigenvalue weighted by Gasteiger charge is 2.42. The Bertz CT molecular complexity index is 1070. The van der Waals surface area contributed by atoms with Gasteiger partial charge in [0.25, 0.3) is 0 Å². The van der Waals surface area contributed by atoms with E-state index >= 15 is 0 Å². The summed E-state index contributed by atoms with van der Waals surface area (Å²) in [5, 5.41) is 3.74. The van der Waals surface area contributed by atoms with Crippen molar-refractivity contribution in [3.8, 4) is 0 Å². The number of hydrogen-bond acceptors (Lipinski definition) is 4. The summed E-state index contributed by atoms with van der Waals surface area (Å²) >= 11 is 0. The van der Waals surface area contributed by atoms with Gasteiger partial charge in [-0.05, 0) is 68.8 Å². The molecule has 0 saturated carbocycles. The van der Waals surface area contributed by atoms with Crippen molar-refractivity contribution in [2.24, 2.45) is 11.3 Å². The average molecular weight is 477 g/mol. The highest BCUT2D eigenvalue weighted by Crippen LogP contribution is 2.39. The third-order valence-corrected chi connectivity index (χ3v) is 7.41. The molecule has 1 amide bonds. The van der Waals surface area contributed by atoms with Crippen LogP contribution in [0, 0.1) is 11.3 Å². The van der Waals surface area contributed by atoms with Gasteiger partial charge in [0.2, 0.25) is 5.91 Å². The van der Waals surface area contributed by atoms with Crippen molar-refractivity contribution in [3.63, 3.8) is 0 Å². The Morgan fingerprint density at radius 2 is 1.91 bits per heavy atom. The largest absolute Gasteiger partial charge is 0.418 e. The quantitative estimate of drug-likeness (QED) is 0.668. The zero-order valence-corrected chi connectivity index (χ0v) is 20.7. The number of anilines is 1. The van der Waals surface area contributed by atoms with Crippen LogP contribution in [0.1, 0.15) is 53.0 Å². The molecule has 4 rings (SSSR count). The molecule has 2 aliphatic heterocycles. The molecular weight excluding hydrogens is 441 g/mol. The van der Waals surface area contributed by atoms with Crippen LogP contribution in [-0.4, -0.2) is 53.6 Å². The minimum absolute atomic E-state index is 0.00296. The second-order valence-electron chi connectivity index (χ2n) is 11.3. The van der Waals surface area contributed by atoms with Crippen LogP contribution in [0.4, 0.5) is 18.9 Å². The lowest BCUT2D eigenvalue weighted by Gasteiger charge is -2.41. The smallest absolute Gasteiger partial charge is 0.369 e. The van der Waals surface area contributed by atoms with Crippen LogP contribution < -0.4 is 10.2 Å².